The molecule has 0 aliphatic rings. The van der Waals surface area contributed by atoms with Crippen molar-refractivity contribution in [3.63, 3.8) is 0 Å². The van der Waals surface area contributed by atoms with Crippen molar-refractivity contribution >= 4 is 11.3 Å². The molecule has 0 N–H and O–H groups in total. The van der Waals surface area contributed by atoms with Gasteiger partial charge in [0.1, 0.15) is 11.5 Å². The van der Waals surface area contributed by atoms with Crippen molar-refractivity contribution in [2.75, 3.05) is 14.2 Å². The van der Waals surface area contributed by atoms with E-state index < -0.39 is 0 Å². The third-order valence-corrected chi connectivity index (χ3v) is 4.86. The van der Waals surface area contributed by atoms with Crippen LogP contribution in [0.1, 0.15) is 23.0 Å². The van der Waals surface area contributed by atoms with E-state index in [0.717, 1.165) is 33.7 Å². The number of aromatic nitrogens is 3. The first-order chi connectivity index (χ1) is 13.6. The molecule has 0 atom stereocenters. The van der Waals surface area contributed by atoms with E-state index in [9.17, 15) is 4.79 Å². The summed E-state index contributed by atoms with van der Waals surface area (Å²) in [4.78, 5) is 16.2. The molecule has 1 aromatic carbocycles. The number of Topliss-reactive ketones (excluding diaryl/α,β-unsaturated/α-hetero) is 1. The fourth-order valence-electron chi connectivity index (χ4n) is 3.51. The monoisotopic (exact) mass is 375 g/mol. The number of pyridine rings is 1. The molecule has 0 fully saturated rings. The van der Waals surface area contributed by atoms with Crippen molar-refractivity contribution in [1.82, 2.24) is 14.0 Å². The normalized spacial score (nSPS) is 11.0. The molecule has 142 valence electrons. The van der Waals surface area contributed by atoms with E-state index in [1.54, 1.807) is 33.7 Å². The first-order valence-corrected chi connectivity index (χ1v) is 8.94. The highest BCUT2D eigenvalue weighted by Crippen LogP contribution is 2.38. The maximum absolute atomic E-state index is 12.1. The highest BCUT2D eigenvalue weighted by Gasteiger charge is 2.18. The van der Waals surface area contributed by atoms with E-state index in [1.165, 1.54) is 0 Å². The van der Waals surface area contributed by atoms with Gasteiger partial charge in [0.05, 0.1) is 43.9 Å². The Kier molecular flexibility index (Phi) is 4.61. The maximum Gasteiger partial charge on any atom is 0.176 e. The first-order valence-electron chi connectivity index (χ1n) is 8.94. The lowest BCUT2D eigenvalue weighted by atomic mass is 10.0. The van der Waals surface area contributed by atoms with Gasteiger partial charge in [-0.3, -0.25) is 4.79 Å². The Morgan fingerprint density at radius 3 is 2.43 bits per heavy atom. The van der Waals surface area contributed by atoms with Gasteiger partial charge in [-0.1, -0.05) is 6.07 Å². The lowest BCUT2D eigenvalue weighted by molar-refractivity contribution is 0.101. The number of fused-ring (bicyclic) bond motifs is 1. The molecule has 3 aromatic heterocycles. The predicted molar refractivity (Wildman–Crippen MR) is 107 cm³/mol. The van der Waals surface area contributed by atoms with Crippen molar-refractivity contribution in [2.45, 2.75) is 13.5 Å². The van der Waals surface area contributed by atoms with Crippen molar-refractivity contribution < 1.29 is 14.3 Å². The molecule has 0 radical (unpaired) electrons. The third kappa shape index (κ3) is 3.03. The number of hydrogen-bond donors (Lipinski definition) is 0. The summed E-state index contributed by atoms with van der Waals surface area (Å²) < 4.78 is 15.2. The molecule has 28 heavy (non-hydrogen) atoms. The Morgan fingerprint density at radius 2 is 1.82 bits per heavy atom. The van der Waals surface area contributed by atoms with Crippen LogP contribution in [-0.2, 0) is 6.54 Å². The molecule has 0 spiro atoms. The number of imidazole rings is 1. The van der Waals surface area contributed by atoms with Crippen LogP contribution in [0.3, 0.4) is 0 Å². The number of benzene rings is 1. The molecule has 0 saturated carbocycles. The highest BCUT2D eigenvalue weighted by molar-refractivity contribution is 5.98. The van der Waals surface area contributed by atoms with E-state index >= 15 is 0 Å². The molecule has 0 aliphatic carbocycles. The summed E-state index contributed by atoms with van der Waals surface area (Å²) in [5.74, 6) is 1.47. The van der Waals surface area contributed by atoms with Gasteiger partial charge in [-0.25, -0.2) is 4.98 Å². The number of carbonyl (C=O) groups is 1. The Bertz CT molecular complexity index is 1120. The minimum Gasteiger partial charge on any atom is -0.496 e. The molecule has 3 heterocycles. The first kappa shape index (κ1) is 17.9. The third-order valence-electron chi connectivity index (χ3n) is 4.86. The van der Waals surface area contributed by atoms with E-state index in [0.29, 0.717) is 12.2 Å². The number of nitrogens with zero attached hydrogens (tertiary/aromatic N) is 3. The minimum atomic E-state index is 0.0168. The maximum atomic E-state index is 12.1. The second kappa shape index (κ2) is 7.23. The lowest BCUT2D eigenvalue weighted by Crippen LogP contribution is -2.03. The molecular formula is C22H21N3O3. The fraction of sp³-hybridized carbons (Fsp3) is 0.182. The topological polar surface area (TPSA) is 57.8 Å². The van der Waals surface area contributed by atoms with Crippen LogP contribution in [0.15, 0.2) is 61.3 Å². The number of carbonyl (C=O) groups excluding carboxylic acids is 1. The van der Waals surface area contributed by atoms with Gasteiger partial charge in [0.15, 0.2) is 5.78 Å². The summed E-state index contributed by atoms with van der Waals surface area (Å²) in [6.45, 7) is 2.16. The van der Waals surface area contributed by atoms with Gasteiger partial charge in [-0.2, -0.15) is 0 Å². The molecule has 0 saturated heterocycles. The van der Waals surface area contributed by atoms with Crippen LogP contribution >= 0.6 is 0 Å². The molecule has 6 heteroatoms. The summed E-state index contributed by atoms with van der Waals surface area (Å²) in [5.41, 5.74) is 4.42. The summed E-state index contributed by atoms with van der Waals surface area (Å²) in [5, 5.41) is 0. The zero-order valence-corrected chi connectivity index (χ0v) is 16.0. The zero-order valence-electron chi connectivity index (χ0n) is 16.0. The number of methoxy groups -OCH3 is 2. The minimum absolute atomic E-state index is 0.0168. The molecule has 0 unspecified atom stereocenters. The number of ether oxygens (including phenoxy) is 2. The van der Waals surface area contributed by atoms with Gasteiger partial charge >= 0.3 is 0 Å². The van der Waals surface area contributed by atoms with Crippen molar-refractivity contribution in [3.05, 3.63) is 72.6 Å². The second-order valence-electron chi connectivity index (χ2n) is 6.55. The van der Waals surface area contributed by atoms with Gasteiger partial charge in [0.2, 0.25) is 0 Å². The zero-order chi connectivity index (χ0) is 19.7. The van der Waals surface area contributed by atoms with Crippen LogP contribution < -0.4 is 9.47 Å². The molecule has 0 aliphatic heterocycles. The van der Waals surface area contributed by atoms with Gasteiger partial charge < -0.3 is 18.4 Å². The molecular weight excluding hydrogens is 354 g/mol. The Hall–Kier alpha value is -3.54. The SMILES string of the molecule is COc1cc(-c2cc(C(C)=O)n3ccccc23)cc(OC)c1Cn1ccnc1. The van der Waals surface area contributed by atoms with Crippen LogP contribution in [0.25, 0.3) is 16.6 Å². The Morgan fingerprint density at radius 1 is 1.07 bits per heavy atom. The highest BCUT2D eigenvalue weighted by atomic mass is 16.5. The van der Waals surface area contributed by atoms with Gasteiger partial charge in [0.25, 0.3) is 0 Å². The summed E-state index contributed by atoms with van der Waals surface area (Å²) >= 11 is 0. The van der Waals surface area contributed by atoms with Crippen LogP contribution in [0, 0.1) is 0 Å². The van der Waals surface area contributed by atoms with Gasteiger partial charge in [0, 0.05) is 31.1 Å². The Labute approximate surface area is 163 Å². The summed E-state index contributed by atoms with van der Waals surface area (Å²) in [7, 11) is 3.30. The van der Waals surface area contributed by atoms with Crippen LogP contribution in [0.5, 0.6) is 11.5 Å². The lowest BCUT2D eigenvalue weighted by Gasteiger charge is -2.16. The number of rotatable bonds is 6. The average Bonchev–Trinajstić information content (AvgIpc) is 3.35. The van der Waals surface area contributed by atoms with Gasteiger partial charge in [-0.15, -0.1) is 0 Å². The smallest absolute Gasteiger partial charge is 0.176 e. The quantitative estimate of drug-likeness (QED) is 0.477. The number of ketones is 1. The van der Waals surface area contributed by atoms with Crippen LogP contribution in [-0.4, -0.2) is 34.0 Å². The van der Waals surface area contributed by atoms with Gasteiger partial charge in [-0.05, 0) is 35.9 Å². The summed E-state index contributed by atoms with van der Waals surface area (Å²) in [6, 6.07) is 11.8. The second-order valence-corrected chi connectivity index (χ2v) is 6.55. The standard InChI is InChI=1S/C22H21N3O3/c1-15(26)20-12-17(19-6-4-5-8-25(19)20)16-10-21(27-2)18(22(11-16)28-3)13-24-9-7-23-14-24/h4-12,14H,13H2,1-3H3. The fourth-order valence-corrected chi connectivity index (χ4v) is 3.51. The van der Waals surface area contributed by atoms with Crippen LogP contribution in [0.2, 0.25) is 0 Å². The van der Waals surface area contributed by atoms with Crippen molar-refractivity contribution in [2.24, 2.45) is 0 Å². The molecule has 0 bridgehead atoms. The van der Waals surface area contributed by atoms with Crippen LogP contribution in [0.4, 0.5) is 0 Å². The Balaban J connectivity index is 1.90. The molecule has 6 nitrogen and oxygen atoms in total. The van der Waals surface area contributed by atoms with Crippen molar-refractivity contribution in [3.8, 4) is 22.6 Å². The molecule has 4 aromatic rings. The largest absolute Gasteiger partial charge is 0.496 e. The van der Waals surface area contributed by atoms with E-state index in [1.807, 2.05) is 57.8 Å². The summed E-state index contributed by atoms with van der Waals surface area (Å²) in [6.07, 6.45) is 7.29. The van der Waals surface area contributed by atoms with E-state index in [-0.39, 0.29) is 5.78 Å². The van der Waals surface area contributed by atoms with E-state index in [2.05, 4.69) is 4.98 Å². The predicted octanol–water partition coefficient (Wildman–Crippen LogP) is 4.07. The molecule has 0 amide bonds. The average molecular weight is 375 g/mol. The van der Waals surface area contributed by atoms with E-state index in [4.69, 9.17) is 9.47 Å². The molecule has 4 rings (SSSR count). The number of hydrogen-bond acceptors (Lipinski definition) is 4. The van der Waals surface area contributed by atoms with Crippen molar-refractivity contribution in [1.29, 1.82) is 0 Å².